The number of nitrogens with two attached hydrogens (primary N) is 1. The number of carbonyl (C=O) groups excluding carboxylic acids is 2. The molecule has 1 aromatic carbocycles. The lowest BCUT2D eigenvalue weighted by molar-refractivity contribution is -0.660. The zero-order valence-corrected chi connectivity index (χ0v) is 12.2. The Bertz CT molecular complexity index is 521. The first kappa shape index (κ1) is 18.8. The van der Waals surface area contributed by atoms with Gasteiger partial charge >= 0.3 is 12.1 Å². The maximum Gasteiger partial charge on any atom is 0.430 e. The number of methoxy groups -OCH3 is 1. The summed E-state index contributed by atoms with van der Waals surface area (Å²) in [6, 6.07) is 9.55. The third-order valence-electron chi connectivity index (χ3n) is 2.98. The number of carboxylic acids is 1. The molecule has 0 unspecified atom stereocenters. The highest BCUT2D eigenvalue weighted by molar-refractivity contribution is 5.74. The van der Waals surface area contributed by atoms with E-state index >= 15 is 0 Å². The van der Waals surface area contributed by atoms with Crippen LogP contribution in [-0.4, -0.2) is 43.9 Å². The topological polar surface area (TPSA) is 92.3 Å². The number of halogens is 3. The SMILES string of the molecule is COC(=O)[C@@H]1C[C@@H](Oc2ccccc2)C[NH2+]1.O=C([O-])C(F)(F)F. The predicted octanol–water partition coefficient (Wildman–Crippen LogP) is -0.759. The number of alkyl halides is 3. The maximum atomic E-state index is 11.3. The van der Waals surface area contributed by atoms with Gasteiger partial charge < -0.3 is 24.7 Å². The van der Waals surface area contributed by atoms with Crippen LogP contribution in [0.5, 0.6) is 5.75 Å². The number of rotatable bonds is 3. The quantitative estimate of drug-likeness (QED) is 0.733. The van der Waals surface area contributed by atoms with Gasteiger partial charge in [-0.1, -0.05) is 18.2 Å². The predicted molar refractivity (Wildman–Crippen MR) is 69.1 cm³/mol. The molecule has 0 radical (unpaired) electrons. The van der Waals surface area contributed by atoms with E-state index in [-0.39, 0.29) is 18.1 Å². The van der Waals surface area contributed by atoms with E-state index in [0.29, 0.717) is 6.42 Å². The van der Waals surface area contributed by atoms with Gasteiger partial charge in [-0.25, -0.2) is 4.79 Å². The van der Waals surface area contributed by atoms with E-state index in [9.17, 15) is 18.0 Å². The van der Waals surface area contributed by atoms with E-state index in [1.807, 2.05) is 35.6 Å². The van der Waals surface area contributed by atoms with E-state index in [0.717, 1.165) is 12.3 Å². The van der Waals surface area contributed by atoms with Crippen LogP contribution in [0.1, 0.15) is 6.42 Å². The van der Waals surface area contributed by atoms with Gasteiger partial charge in [0.1, 0.15) is 18.3 Å². The molecule has 9 heteroatoms. The van der Waals surface area contributed by atoms with Crippen molar-refractivity contribution in [3.63, 3.8) is 0 Å². The van der Waals surface area contributed by atoms with Gasteiger partial charge in [0.05, 0.1) is 13.5 Å². The number of carboxylic acid groups (broad SMARTS) is 1. The number of quaternary nitrogens is 1. The van der Waals surface area contributed by atoms with Crippen LogP contribution < -0.4 is 15.2 Å². The Hall–Kier alpha value is -2.29. The van der Waals surface area contributed by atoms with Crippen LogP contribution in [0.4, 0.5) is 13.2 Å². The van der Waals surface area contributed by atoms with Crippen LogP contribution in [0.25, 0.3) is 0 Å². The second kappa shape index (κ2) is 8.37. The lowest BCUT2D eigenvalue weighted by Gasteiger charge is -2.09. The highest BCUT2D eigenvalue weighted by Crippen LogP contribution is 2.14. The first-order chi connectivity index (χ1) is 10.7. The van der Waals surface area contributed by atoms with Crippen molar-refractivity contribution in [2.24, 2.45) is 0 Å². The van der Waals surface area contributed by atoms with Gasteiger partial charge in [-0.3, -0.25) is 0 Å². The van der Waals surface area contributed by atoms with E-state index in [4.69, 9.17) is 19.4 Å². The Balaban J connectivity index is 0.000000322. The third-order valence-corrected chi connectivity index (χ3v) is 2.98. The van der Waals surface area contributed by atoms with Gasteiger partial charge in [0, 0.05) is 0 Å². The number of para-hydroxylation sites is 1. The van der Waals surface area contributed by atoms with Gasteiger partial charge in [0.25, 0.3) is 0 Å². The first-order valence-corrected chi connectivity index (χ1v) is 6.65. The molecule has 23 heavy (non-hydrogen) atoms. The Morgan fingerprint density at radius 2 is 1.83 bits per heavy atom. The molecule has 1 saturated heterocycles. The minimum absolute atomic E-state index is 0.0894. The zero-order chi connectivity index (χ0) is 17.5. The molecule has 1 aliphatic heterocycles. The highest BCUT2D eigenvalue weighted by atomic mass is 19.4. The fourth-order valence-electron chi connectivity index (χ4n) is 1.92. The summed E-state index contributed by atoms with van der Waals surface area (Å²) in [7, 11) is 1.42. The molecule has 1 aliphatic rings. The summed E-state index contributed by atoms with van der Waals surface area (Å²) in [6.45, 7) is 0.800. The summed E-state index contributed by atoms with van der Waals surface area (Å²) in [5.74, 6) is -2.32. The molecular weight excluding hydrogens is 319 g/mol. The zero-order valence-electron chi connectivity index (χ0n) is 12.2. The van der Waals surface area contributed by atoms with Gasteiger partial charge in [0.15, 0.2) is 12.1 Å². The summed E-state index contributed by atoms with van der Waals surface area (Å²) in [4.78, 5) is 20.1. The van der Waals surface area contributed by atoms with Gasteiger partial charge in [0.2, 0.25) is 0 Å². The van der Waals surface area contributed by atoms with Gasteiger partial charge in [-0.2, -0.15) is 13.2 Å². The fourth-order valence-corrected chi connectivity index (χ4v) is 1.92. The van der Waals surface area contributed by atoms with Crippen LogP contribution in [0.15, 0.2) is 30.3 Å². The Labute approximate surface area is 130 Å². The third kappa shape index (κ3) is 6.55. The second-order valence-corrected chi connectivity index (χ2v) is 4.67. The maximum absolute atomic E-state index is 11.3. The molecule has 1 fully saturated rings. The molecule has 0 amide bonds. The van der Waals surface area contributed by atoms with Crippen molar-refractivity contribution in [2.75, 3.05) is 13.7 Å². The van der Waals surface area contributed by atoms with E-state index in [1.54, 1.807) is 0 Å². The smallest absolute Gasteiger partial charge is 0.430 e. The number of aliphatic carboxylic acids is 1. The average Bonchev–Trinajstić information content (AvgIpc) is 2.95. The van der Waals surface area contributed by atoms with Crippen molar-refractivity contribution in [1.82, 2.24) is 0 Å². The van der Waals surface area contributed by atoms with Gasteiger partial charge in [-0.05, 0) is 12.1 Å². The minimum atomic E-state index is -5.19. The Morgan fingerprint density at radius 1 is 1.26 bits per heavy atom. The normalized spacial score (nSPS) is 20.2. The molecule has 1 heterocycles. The molecule has 6 nitrogen and oxygen atoms in total. The molecule has 0 aromatic heterocycles. The number of hydrogen-bond donors (Lipinski definition) is 1. The number of benzene rings is 1. The summed E-state index contributed by atoms with van der Waals surface area (Å²) >= 11 is 0. The molecule has 0 bridgehead atoms. The Morgan fingerprint density at radius 3 is 2.30 bits per heavy atom. The number of hydrogen-bond acceptors (Lipinski definition) is 5. The van der Waals surface area contributed by atoms with E-state index < -0.39 is 12.1 Å². The average molecular weight is 335 g/mol. The largest absolute Gasteiger partial charge is 0.542 e. The molecule has 0 aliphatic carbocycles. The minimum Gasteiger partial charge on any atom is -0.542 e. The summed E-state index contributed by atoms with van der Waals surface area (Å²) < 4.78 is 42.0. The van der Waals surface area contributed by atoms with Crippen molar-refractivity contribution in [3.05, 3.63) is 30.3 Å². The summed E-state index contributed by atoms with van der Waals surface area (Å²) in [5.41, 5.74) is 0. The van der Waals surface area contributed by atoms with Crippen molar-refractivity contribution in [2.45, 2.75) is 24.7 Å². The van der Waals surface area contributed by atoms with Crippen LogP contribution >= 0.6 is 0 Å². The monoisotopic (exact) mass is 335 g/mol. The van der Waals surface area contributed by atoms with Gasteiger partial charge in [-0.15, -0.1) is 0 Å². The van der Waals surface area contributed by atoms with E-state index in [1.165, 1.54) is 7.11 Å². The molecule has 2 rings (SSSR count). The molecule has 0 spiro atoms. The number of ether oxygens (including phenoxy) is 2. The number of carbonyl (C=O) groups is 2. The molecular formula is C14H16F3NO5. The fraction of sp³-hybridized carbons (Fsp3) is 0.429. The highest BCUT2D eigenvalue weighted by Gasteiger charge is 2.35. The van der Waals surface area contributed by atoms with Crippen molar-refractivity contribution in [3.8, 4) is 5.75 Å². The van der Waals surface area contributed by atoms with E-state index in [2.05, 4.69) is 0 Å². The van der Waals surface area contributed by atoms with Crippen LogP contribution in [0.2, 0.25) is 0 Å². The van der Waals surface area contributed by atoms with Crippen molar-refractivity contribution >= 4 is 11.9 Å². The summed E-state index contributed by atoms with van der Waals surface area (Å²) in [5, 5.41) is 10.8. The summed E-state index contributed by atoms with van der Waals surface area (Å²) in [6.07, 6.45) is -4.40. The molecule has 0 saturated carbocycles. The van der Waals surface area contributed by atoms with Crippen LogP contribution in [0.3, 0.4) is 0 Å². The first-order valence-electron chi connectivity index (χ1n) is 6.65. The molecule has 1 aromatic rings. The molecule has 2 atom stereocenters. The lowest BCUT2D eigenvalue weighted by Crippen LogP contribution is -2.89. The van der Waals surface area contributed by atoms with Crippen molar-refractivity contribution < 1.29 is 42.7 Å². The Kier molecular flexibility index (Phi) is 6.83. The molecule has 2 N–H and O–H groups in total. The standard InChI is InChI=1S/C12H15NO3.C2HF3O2/c1-15-12(14)11-7-10(8-13-11)16-9-5-3-2-4-6-9;3-2(4,5)1(6)7/h2-6,10-11,13H,7-8H2,1H3;(H,6,7)/t10-,11+;/m1./s1. The van der Waals surface area contributed by atoms with Crippen molar-refractivity contribution in [1.29, 1.82) is 0 Å². The lowest BCUT2D eigenvalue weighted by atomic mass is 10.2. The second-order valence-electron chi connectivity index (χ2n) is 4.67. The number of esters is 1. The van der Waals surface area contributed by atoms with Crippen LogP contribution in [0, 0.1) is 0 Å². The molecule has 128 valence electrons. The van der Waals surface area contributed by atoms with Crippen LogP contribution in [-0.2, 0) is 14.3 Å².